The molecule has 146 valence electrons. The van der Waals surface area contributed by atoms with Gasteiger partial charge in [0.15, 0.2) is 11.6 Å². The number of piperidine rings is 1. The number of anilines is 2. The van der Waals surface area contributed by atoms with E-state index in [-0.39, 0.29) is 11.8 Å². The maximum absolute atomic E-state index is 12.8. The number of rotatable bonds is 4. The van der Waals surface area contributed by atoms with E-state index in [1.54, 1.807) is 23.3 Å². The van der Waals surface area contributed by atoms with Gasteiger partial charge in [-0.2, -0.15) is 5.10 Å². The van der Waals surface area contributed by atoms with Crippen LogP contribution in [0.4, 0.5) is 11.5 Å². The smallest absolute Gasteiger partial charge is 0.229 e. The number of imidazole rings is 1. The maximum atomic E-state index is 12.8. The first-order valence-electron chi connectivity index (χ1n) is 9.57. The second-order valence-electron chi connectivity index (χ2n) is 7.17. The molecule has 0 aliphatic carbocycles. The number of amides is 1. The lowest BCUT2D eigenvalue weighted by Gasteiger charge is -2.32. The van der Waals surface area contributed by atoms with Crippen molar-refractivity contribution < 1.29 is 4.79 Å². The second-order valence-corrected chi connectivity index (χ2v) is 7.17. The molecule has 0 bridgehead atoms. The number of fused-ring (bicyclic) bond motifs is 1. The van der Waals surface area contributed by atoms with Gasteiger partial charge in [-0.15, -0.1) is 10.2 Å². The van der Waals surface area contributed by atoms with Gasteiger partial charge < -0.3 is 10.2 Å². The van der Waals surface area contributed by atoms with E-state index in [1.165, 1.54) is 0 Å². The molecule has 1 amide bonds. The highest BCUT2D eigenvalue weighted by molar-refractivity contribution is 5.95. The normalized spacial score (nSPS) is 16.8. The van der Waals surface area contributed by atoms with Crippen molar-refractivity contribution >= 4 is 28.3 Å². The Hall–Kier alpha value is -3.75. The van der Waals surface area contributed by atoms with Crippen molar-refractivity contribution in [3.63, 3.8) is 0 Å². The van der Waals surface area contributed by atoms with Gasteiger partial charge in [0, 0.05) is 36.6 Å². The third-order valence-electron chi connectivity index (χ3n) is 5.23. The fourth-order valence-corrected chi connectivity index (χ4v) is 3.68. The minimum atomic E-state index is -0.101. The molecule has 0 saturated carbocycles. The largest absolute Gasteiger partial charge is 0.354 e. The van der Waals surface area contributed by atoms with E-state index in [0.29, 0.717) is 12.4 Å². The molecule has 1 aliphatic rings. The molecule has 0 spiro atoms. The molecule has 0 radical (unpaired) electrons. The first-order valence-corrected chi connectivity index (χ1v) is 9.57. The first kappa shape index (κ1) is 17.4. The highest BCUT2D eigenvalue weighted by Crippen LogP contribution is 2.24. The Morgan fingerprint density at radius 3 is 2.90 bits per heavy atom. The molecular formula is C20H20N8O. The molecule has 1 aliphatic heterocycles. The predicted molar refractivity (Wildman–Crippen MR) is 109 cm³/mol. The summed E-state index contributed by atoms with van der Waals surface area (Å²) in [7, 11) is 0. The van der Waals surface area contributed by atoms with Crippen LogP contribution in [0.1, 0.15) is 12.8 Å². The van der Waals surface area contributed by atoms with Crippen molar-refractivity contribution in [1.29, 1.82) is 0 Å². The van der Waals surface area contributed by atoms with Gasteiger partial charge in [0.25, 0.3) is 0 Å². The van der Waals surface area contributed by atoms with Crippen molar-refractivity contribution in [2.75, 3.05) is 23.3 Å². The molecule has 9 nitrogen and oxygen atoms in total. The van der Waals surface area contributed by atoms with Crippen LogP contribution < -0.4 is 10.2 Å². The number of aromatic nitrogens is 6. The van der Waals surface area contributed by atoms with Crippen LogP contribution in [0.5, 0.6) is 0 Å². The summed E-state index contributed by atoms with van der Waals surface area (Å²) in [6, 6.07) is 9.60. The number of aromatic amines is 1. The molecule has 29 heavy (non-hydrogen) atoms. The van der Waals surface area contributed by atoms with Gasteiger partial charge in [-0.05, 0) is 43.2 Å². The average molecular weight is 388 g/mol. The summed E-state index contributed by atoms with van der Waals surface area (Å²) < 4.78 is 1.81. The number of benzene rings is 1. The monoisotopic (exact) mass is 388 g/mol. The standard InChI is InChI=1S/C20H20N8O/c29-20(23-16-4-3-14-11-22-24-17(14)10-16)15-2-1-8-27(12-15)18-5-6-19(26-25-18)28-9-7-21-13-28/h3-7,9-11,13,15H,1-2,8,12H2,(H,22,24)(H,23,29)/t15-/m1/s1. The zero-order valence-electron chi connectivity index (χ0n) is 15.7. The molecule has 4 heterocycles. The lowest BCUT2D eigenvalue weighted by molar-refractivity contribution is -0.120. The van der Waals surface area contributed by atoms with Gasteiger partial charge in [-0.25, -0.2) is 4.98 Å². The quantitative estimate of drug-likeness (QED) is 0.556. The number of carbonyl (C=O) groups excluding carboxylic acids is 1. The second kappa shape index (κ2) is 7.34. The van der Waals surface area contributed by atoms with Crippen molar-refractivity contribution in [1.82, 2.24) is 29.9 Å². The number of nitrogens with zero attached hydrogens (tertiary/aromatic N) is 6. The van der Waals surface area contributed by atoms with Crippen molar-refractivity contribution in [3.8, 4) is 5.82 Å². The number of hydrogen-bond acceptors (Lipinski definition) is 6. The van der Waals surface area contributed by atoms with Crippen LogP contribution in [-0.2, 0) is 4.79 Å². The fourth-order valence-electron chi connectivity index (χ4n) is 3.68. The van der Waals surface area contributed by atoms with E-state index in [2.05, 4.69) is 35.6 Å². The number of nitrogens with one attached hydrogen (secondary N) is 2. The van der Waals surface area contributed by atoms with Crippen molar-refractivity contribution in [2.45, 2.75) is 12.8 Å². The number of H-pyrrole nitrogens is 1. The summed E-state index contributed by atoms with van der Waals surface area (Å²) >= 11 is 0. The molecule has 5 rings (SSSR count). The molecule has 1 atom stereocenters. The molecule has 1 fully saturated rings. The Morgan fingerprint density at radius 2 is 2.07 bits per heavy atom. The highest BCUT2D eigenvalue weighted by atomic mass is 16.1. The minimum Gasteiger partial charge on any atom is -0.354 e. The van der Waals surface area contributed by atoms with E-state index in [0.717, 1.165) is 41.8 Å². The van der Waals surface area contributed by atoms with E-state index in [9.17, 15) is 4.79 Å². The van der Waals surface area contributed by atoms with Gasteiger partial charge in [0.1, 0.15) is 6.33 Å². The topological polar surface area (TPSA) is 105 Å². The summed E-state index contributed by atoms with van der Waals surface area (Å²) in [4.78, 5) is 19.0. The van der Waals surface area contributed by atoms with Crippen LogP contribution in [0.2, 0.25) is 0 Å². The van der Waals surface area contributed by atoms with E-state index >= 15 is 0 Å². The van der Waals surface area contributed by atoms with Gasteiger partial charge in [-0.3, -0.25) is 14.5 Å². The van der Waals surface area contributed by atoms with Crippen molar-refractivity contribution in [2.24, 2.45) is 5.92 Å². The maximum Gasteiger partial charge on any atom is 0.229 e. The summed E-state index contributed by atoms with van der Waals surface area (Å²) in [5.74, 6) is 1.42. The highest BCUT2D eigenvalue weighted by Gasteiger charge is 2.27. The molecule has 3 aromatic heterocycles. The van der Waals surface area contributed by atoms with Gasteiger partial charge in [0.05, 0.1) is 17.6 Å². The Bertz CT molecular complexity index is 1120. The third-order valence-corrected chi connectivity index (χ3v) is 5.23. The summed E-state index contributed by atoms with van der Waals surface area (Å²) in [6.07, 6.45) is 8.77. The van der Waals surface area contributed by atoms with Gasteiger partial charge in [0.2, 0.25) is 5.91 Å². The molecular weight excluding hydrogens is 368 g/mol. The fraction of sp³-hybridized carbons (Fsp3) is 0.250. The molecule has 1 aromatic carbocycles. The van der Waals surface area contributed by atoms with Crippen LogP contribution in [0, 0.1) is 5.92 Å². The Balaban J connectivity index is 1.26. The lowest BCUT2D eigenvalue weighted by atomic mass is 9.97. The Labute approximate surface area is 166 Å². The average Bonchev–Trinajstić information content (AvgIpc) is 3.46. The van der Waals surface area contributed by atoms with Crippen LogP contribution in [0.3, 0.4) is 0 Å². The number of carbonyl (C=O) groups is 1. The van der Waals surface area contributed by atoms with Crippen molar-refractivity contribution in [3.05, 3.63) is 55.2 Å². The van der Waals surface area contributed by atoms with Gasteiger partial charge in [-0.1, -0.05) is 0 Å². The zero-order valence-corrected chi connectivity index (χ0v) is 15.7. The third kappa shape index (κ3) is 3.54. The predicted octanol–water partition coefficient (Wildman–Crippen LogP) is 2.39. The SMILES string of the molecule is O=C(Nc1ccc2cn[nH]c2c1)[C@@H]1CCCN(c2ccc(-n3ccnc3)nn2)C1. The molecule has 2 N–H and O–H groups in total. The zero-order chi connectivity index (χ0) is 19.6. The van der Waals surface area contributed by atoms with Crippen LogP contribution >= 0.6 is 0 Å². The molecule has 1 saturated heterocycles. The van der Waals surface area contributed by atoms with E-state index in [4.69, 9.17) is 0 Å². The first-order chi connectivity index (χ1) is 14.3. The molecule has 0 unspecified atom stereocenters. The van der Waals surface area contributed by atoms with Gasteiger partial charge >= 0.3 is 0 Å². The summed E-state index contributed by atoms with van der Waals surface area (Å²) in [5.41, 5.74) is 1.68. The van der Waals surface area contributed by atoms with Crippen LogP contribution in [0.15, 0.2) is 55.2 Å². The van der Waals surface area contributed by atoms with Crippen LogP contribution in [-0.4, -0.2) is 48.9 Å². The summed E-state index contributed by atoms with van der Waals surface area (Å²) in [5, 5.41) is 19.6. The Kier molecular flexibility index (Phi) is 4.39. The molecule has 4 aromatic rings. The van der Waals surface area contributed by atoms with E-state index < -0.39 is 0 Å². The lowest BCUT2D eigenvalue weighted by Crippen LogP contribution is -2.41. The number of hydrogen-bond donors (Lipinski definition) is 2. The summed E-state index contributed by atoms with van der Waals surface area (Å²) in [6.45, 7) is 1.49. The van der Waals surface area contributed by atoms with Crippen LogP contribution in [0.25, 0.3) is 16.7 Å². The van der Waals surface area contributed by atoms with E-state index in [1.807, 2.05) is 36.5 Å². The Morgan fingerprint density at radius 1 is 1.17 bits per heavy atom. The minimum absolute atomic E-state index is 0.0246. The molecule has 9 heteroatoms.